The van der Waals surface area contributed by atoms with E-state index in [2.05, 4.69) is 9.97 Å². The zero-order valence-corrected chi connectivity index (χ0v) is 7.28. The molecule has 0 fully saturated rings. The molecule has 0 spiro atoms. The van der Waals surface area contributed by atoms with Gasteiger partial charge in [0.1, 0.15) is 11.6 Å². The Hall–Kier alpha value is -1.55. The van der Waals surface area contributed by atoms with Gasteiger partial charge in [0.15, 0.2) is 0 Å². The Labute approximate surface area is 79.0 Å². The Bertz CT molecular complexity index is 472. The van der Waals surface area contributed by atoms with Crippen LogP contribution in [-0.4, -0.2) is 15.1 Å². The highest BCUT2D eigenvalue weighted by molar-refractivity contribution is 6.28. The van der Waals surface area contributed by atoms with Crippen LogP contribution in [0.5, 0.6) is 5.75 Å². The van der Waals surface area contributed by atoms with Gasteiger partial charge in [0.05, 0.1) is 10.9 Å². The molecule has 0 atom stereocenters. The van der Waals surface area contributed by atoms with Gasteiger partial charge in [0, 0.05) is 0 Å². The minimum atomic E-state index is 0.0617. The second-order valence-electron chi connectivity index (χ2n) is 2.55. The number of nitrogens with two attached hydrogens (primary N) is 1. The third kappa shape index (κ3) is 1.25. The number of phenols is 1. The van der Waals surface area contributed by atoms with E-state index in [-0.39, 0.29) is 16.9 Å². The lowest BCUT2D eigenvalue weighted by Gasteiger charge is -2.02. The first-order valence-corrected chi connectivity index (χ1v) is 3.97. The molecule has 0 radical (unpaired) electrons. The monoisotopic (exact) mass is 195 g/mol. The number of aromatic nitrogens is 2. The lowest BCUT2D eigenvalue weighted by Crippen LogP contribution is -1.94. The van der Waals surface area contributed by atoms with Crippen molar-refractivity contribution < 1.29 is 5.11 Å². The molecule has 5 heteroatoms. The van der Waals surface area contributed by atoms with Gasteiger partial charge < -0.3 is 10.8 Å². The number of fused-ring (bicyclic) bond motifs is 1. The Balaban J connectivity index is 2.94. The van der Waals surface area contributed by atoms with Gasteiger partial charge in [-0.25, -0.2) is 9.97 Å². The number of halogens is 1. The summed E-state index contributed by atoms with van der Waals surface area (Å²) in [6, 6.07) is 4.90. The maximum atomic E-state index is 9.44. The average molecular weight is 196 g/mol. The number of hydrogen-bond acceptors (Lipinski definition) is 4. The van der Waals surface area contributed by atoms with Gasteiger partial charge in [-0.1, -0.05) is 6.07 Å². The maximum absolute atomic E-state index is 9.44. The van der Waals surface area contributed by atoms with Crippen molar-refractivity contribution in [2.45, 2.75) is 0 Å². The van der Waals surface area contributed by atoms with Crippen LogP contribution in [-0.2, 0) is 0 Å². The van der Waals surface area contributed by atoms with Crippen LogP contribution in [0.4, 0.5) is 5.82 Å². The predicted molar refractivity (Wildman–Crippen MR) is 50.6 cm³/mol. The molecule has 0 amide bonds. The maximum Gasteiger partial charge on any atom is 0.224 e. The SMILES string of the molecule is Nc1nc(Cl)nc2cccc(O)c12. The summed E-state index contributed by atoms with van der Waals surface area (Å²) < 4.78 is 0. The molecular weight excluding hydrogens is 190 g/mol. The third-order valence-electron chi connectivity index (χ3n) is 1.70. The highest BCUT2D eigenvalue weighted by Gasteiger charge is 2.06. The van der Waals surface area contributed by atoms with Gasteiger partial charge >= 0.3 is 0 Å². The topological polar surface area (TPSA) is 72.0 Å². The van der Waals surface area contributed by atoms with E-state index in [1.54, 1.807) is 12.1 Å². The first-order valence-electron chi connectivity index (χ1n) is 3.59. The van der Waals surface area contributed by atoms with Crippen molar-refractivity contribution in [1.29, 1.82) is 0 Å². The standard InChI is InChI=1S/C8H6ClN3O/c9-8-11-4-2-1-3-5(13)6(4)7(10)12-8/h1-3,13H,(H2,10,11,12). The van der Waals surface area contributed by atoms with Crippen LogP contribution in [0.15, 0.2) is 18.2 Å². The van der Waals surface area contributed by atoms with E-state index in [9.17, 15) is 5.11 Å². The van der Waals surface area contributed by atoms with Crippen LogP contribution in [0.1, 0.15) is 0 Å². The number of phenolic OH excluding ortho intramolecular Hbond substituents is 1. The van der Waals surface area contributed by atoms with Crippen molar-refractivity contribution in [2.24, 2.45) is 0 Å². The Kier molecular flexibility index (Phi) is 1.70. The fourth-order valence-corrected chi connectivity index (χ4v) is 1.35. The summed E-state index contributed by atoms with van der Waals surface area (Å²) in [5.74, 6) is 0.250. The molecule has 1 aromatic heterocycles. The molecule has 0 aliphatic carbocycles. The highest BCUT2D eigenvalue weighted by atomic mass is 35.5. The number of hydrogen-bond donors (Lipinski definition) is 2. The molecule has 2 aromatic rings. The van der Waals surface area contributed by atoms with E-state index in [0.717, 1.165) is 0 Å². The molecule has 0 aliphatic heterocycles. The lowest BCUT2D eigenvalue weighted by molar-refractivity contribution is 0.481. The second-order valence-corrected chi connectivity index (χ2v) is 2.89. The molecule has 2 rings (SSSR count). The molecule has 0 saturated carbocycles. The van der Waals surface area contributed by atoms with Crippen LogP contribution in [0.25, 0.3) is 10.9 Å². The van der Waals surface area contributed by atoms with E-state index in [1.165, 1.54) is 6.07 Å². The first-order chi connectivity index (χ1) is 6.18. The summed E-state index contributed by atoms with van der Waals surface area (Å²) in [4.78, 5) is 7.65. The number of aromatic hydroxyl groups is 1. The van der Waals surface area contributed by atoms with Crippen molar-refractivity contribution in [3.8, 4) is 5.75 Å². The largest absolute Gasteiger partial charge is 0.507 e. The van der Waals surface area contributed by atoms with E-state index < -0.39 is 0 Å². The molecule has 3 N–H and O–H groups in total. The van der Waals surface area contributed by atoms with Crippen LogP contribution < -0.4 is 5.73 Å². The fourth-order valence-electron chi connectivity index (χ4n) is 1.16. The van der Waals surface area contributed by atoms with Gasteiger partial charge in [-0.2, -0.15) is 0 Å². The number of anilines is 1. The molecule has 4 nitrogen and oxygen atoms in total. The molecule has 13 heavy (non-hydrogen) atoms. The zero-order chi connectivity index (χ0) is 9.42. The summed E-state index contributed by atoms with van der Waals surface area (Å²) in [7, 11) is 0. The summed E-state index contributed by atoms with van der Waals surface area (Å²) in [6.07, 6.45) is 0. The van der Waals surface area contributed by atoms with E-state index in [0.29, 0.717) is 10.9 Å². The van der Waals surface area contributed by atoms with Gasteiger partial charge in [0.2, 0.25) is 5.28 Å². The third-order valence-corrected chi connectivity index (χ3v) is 1.87. The molecular formula is C8H6ClN3O. The Morgan fingerprint density at radius 2 is 2.08 bits per heavy atom. The molecule has 66 valence electrons. The molecule has 0 bridgehead atoms. The van der Waals surface area contributed by atoms with Gasteiger partial charge in [-0.15, -0.1) is 0 Å². The normalized spacial score (nSPS) is 10.5. The molecule has 1 heterocycles. The fraction of sp³-hybridized carbons (Fsp3) is 0. The molecule has 0 saturated heterocycles. The number of rotatable bonds is 0. The van der Waals surface area contributed by atoms with Crippen LogP contribution in [0, 0.1) is 0 Å². The number of benzene rings is 1. The molecule has 0 unspecified atom stereocenters. The van der Waals surface area contributed by atoms with Gasteiger partial charge in [-0.3, -0.25) is 0 Å². The zero-order valence-electron chi connectivity index (χ0n) is 6.53. The van der Waals surface area contributed by atoms with Crippen molar-refractivity contribution >= 4 is 28.3 Å². The summed E-state index contributed by atoms with van der Waals surface area (Å²) >= 11 is 5.59. The predicted octanol–water partition coefficient (Wildman–Crippen LogP) is 1.57. The summed E-state index contributed by atoms with van der Waals surface area (Å²) in [6.45, 7) is 0. The average Bonchev–Trinajstić information content (AvgIpc) is 2.02. The highest BCUT2D eigenvalue weighted by Crippen LogP contribution is 2.27. The second kappa shape index (κ2) is 2.74. The van der Waals surface area contributed by atoms with Crippen LogP contribution >= 0.6 is 11.6 Å². The van der Waals surface area contributed by atoms with Crippen molar-refractivity contribution in [3.63, 3.8) is 0 Å². The Morgan fingerprint density at radius 1 is 1.31 bits per heavy atom. The van der Waals surface area contributed by atoms with Gasteiger partial charge in [-0.05, 0) is 23.7 Å². The first kappa shape index (κ1) is 8.07. The molecule has 1 aromatic carbocycles. The smallest absolute Gasteiger partial charge is 0.224 e. The summed E-state index contributed by atoms with van der Waals surface area (Å²) in [5.41, 5.74) is 6.10. The van der Waals surface area contributed by atoms with E-state index >= 15 is 0 Å². The van der Waals surface area contributed by atoms with Crippen molar-refractivity contribution in [2.75, 3.05) is 5.73 Å². The quantitative estimate of drug-likeness (QED) is 0.626. The van der Waals surface area contributed by atoms with E-state index in [1.807, 2.05) is 0 Å². The van der Waals surface area contributed by atoms with Gasteiger partial charge in [0.25, 0.3) is 0 Å². The van der Waals surface area contributed by atoms with Crippen molar-refractivity contribution in [3.05, 3.63) is 23.5 Å². The lowest BCUT2D eigenvalue weighted by atomic mass is 10.2. The number of nitrogens with zero attached hydrogens (tertiary/aromatic N) is 2. The van der Waals surface area contributed by atoms with E-state index in [4.69, 9.17) is 17.3 Å². The van der Waals surface area contributed by atoms with Crippen molar-refractivity contribution in [1.82, 2.24) is 9.97 Å². The van der Waals surface area contributed by atoms with Crippen LogP contribution in [0.2, 0.25) is 5.28 Å². The minimum absolute atomic E-state index is 0.0617. The Morgan fingerprint density at radius 3 is 2.85 bits per heavy atom. The minimum Gasteiger partial charge on any atom is -0.507 e. The van der Waals surface area contributed by atoms with Crippen LogP contribution in [0.3, 0.4) is 0 Å². The summed E-state index contributed by atoms with van der Waals surface area (Å²) in [5, 5.41) is 9.96. The molecule has 0 aliphatic rings. The number of nitrogen functional groups attached to an aromatic ring is 1.